The quantitative estimate of drug-likeness (QED) is 0.614. The Balaban J connectivity index is 1.72. The molecule has 1 aliphatic heterocycles. The van der Waals surface area contributed by atoms with Crippen LogP contribution in [0.1, 0.15) is 38.9 Å². The molecule has 0 spiro atoms. The van der Waals surface area contributed by atoms with Gasteiger partial charge in [-0.25, -0.2) is 4.98 Å². The van der Waals surface area contributed by atoms with Crippen molar-refractivity contribution in [2.75, 3.05) is 0 Å². The first-order valence-electron chi connectivity index (χ1n) is 8.72. The van der Waals surface area contributed by atoms with Gasteiger partial charge in [0.25, 0.3) is 0 Å². The van der Waals surface area contributed by atoms with Crippen LogP contribution in [-0.2, 0) is 5.75 Å². The molecule has 0 aliphatic carbocycles. The van der Waals surface area contributed by atoms with E-state index in [0.29, 0.717) is 27.8 Å². The number of thioether (sulfide) groups is 1. The number of rotatable bonds is 4. The molecular formula is C20H16N6OS2. The van der Waals surface area contributed by atoms with Crippen LogP contribution in [0.5, 0.6) is 5.88 Å². The van der Waals surface area contributed by atoms with Gasteiger partial charge in [0.1, 0.15) is 22.7 Å². The number of thiophene rings is 1. The van der Waals surface area contributed by atoms with Gasteiger partial charge in [-0.15, -0.1) is 16.4 Å². The Kier molecular flexibility index (Phi) is 5.01. The lowest BCUT2D eigenvalue weighted by molar-refractivity contribution is 0.379. The minimum atomic E-state index is -0.333. The van der Waals surface area contributed by atoms with Gasteiger partial charge in [0.05, 0.1) is 22.7 Å². The molecule has 3 N–H and O–H groups in total. The predicted octanol–water partition coefficient (Wildman–Crippen LogP) is 3.87. The van der Waals surface area contributed by atoms with Gasteiger partial charge in [0, 0.05) is 16.3 Å². The van der Waals surface area contributed by atoms with Gasteiger partial charge < -0.3 is 10.5 Å². The Morgan fingerprint density at radius 2 is 2.17 bits per heavy atom. The number of allylic oxidation sites excluding steroid dienone is 1. The molecule has 144 valence electrons. The fraction of sp³-hybridized carbons (Fsp3) is 0.200. The minimum Gasteiger partial charge on any atom is -0.420 e. The van der Waals surface area contributed by atoms with Crippen molar-refractivity contribution in [1.82, 2.24) is 15.2 Å². The number of nitriles is 2. The largest absolute Gasteiger partial charge is 0.420 e. The van der Waals surface area contributed by atoms with Crippen LogP contribution >= 0.6 is 23.1 Å². The highest BCUT2D eigenvalue weighted by Crippen LogP contribution is 2.45. The molecular weight excluding hydrogens is 404 g/mol. The van der Waals surface area contributed by atoms with E-state index in [1.165, 1.54) is 11.8 Å². The molecule has 4 rings (SSSR count). The maximum atomic E-state index is 9.68. The third kappa shape index (κ3) is 3.35. The lowest BCUT2D eigenvalue weighted by Gasteiger charge is -2.22. The van der Waals surface area contributed by atoms with E-state index in [-0.39, 0.29) is 11.8 Å². The van der Waals surface area contributed by atoms with Crippen molar-refractivity contribution in [3.63, 3.8) is 0 Å². The Labute approximate surface area is 175 Å². The molecule has 29 heavy (non-hydrogen) atoms. The number of aromatic amines is 1. The van der Waals surface area contributed by atoms with Crippen molar-refractivity contribution in [1.29, 1.82) is 10.5 Å². The topological polar surface area (TPSA) is 124 Å². The van der Waals surface area contributed by atoms with Crippen molar-refractivity contribution in [2.45, 2.75) is 30.5 Å². The Morgan fingerprint density at radius 1 is 1.34 bits per heavy atom. The fourth-order valence-electron chi connectivity index (χ4n) is 3.34. The summed E-state index contributed by atoms with van der Waals surface area (Å²) >= 11 is 3.00. The van der Waals surface area contributed by atoms with Gasteiger partial charge >= 0.3 is 0 Å². The first kappa shape index (κ1) is 19.1. The van der Waals surface area contributed by atoms with E-state index in [1.54, 1.807) is 11.3 Å². The zero-order chi connectivity index (χ0) is 20.5. The summed E-state index contributed by atoms with van der Waals surface area (Å²) in [6.07, 6.45) is 0. The van der Waals surface area contributed by atoms with E-state index >= 15 is 0 Å². The number of hydrogen-bond donors (Lipinski definition) is 2. The number of aryl methyl sites for hydroxylation is 2. The van der Waals surface area contributed by atoms with E-state index in [2.05, 4.69) is 27.3 Å². The van der Waals surface area contributed by atoms with Gasteiger partial charge in [-0.1, -0.05) is 17.8 Å². The fourth-order valence-corrected chi connectivity index (χ4v) is 5.25. The molecule has 3 aromatic heterocycles. The summed E-state index contributed by atoms with van der Waals surface area (Å²) in [4.78, 5) is 5.51. The lowest BCUT2D eigenvalue weighted by Crippen LogP contribution is -2.20. The molecule has 4 heterocycles. The second kappa shape index (κ2) is 7.63. The zero-order valence-corrected chi connectivity index (χ0v) is 17.3. The number of fused-ring (bicyclic) bond motifs is 1. The van der Waals surface area contributed by atoms with E-state index in [9.17, 15) is 10.5 Å². The zero-order valence-electron chi connectivity index (χ0n) is 15.7. The number of aromatic nitrogens is 3. The van der Waals surface area contributed by atoms with Crippen LogP contribution in [-0.4, -0.2) is 15.2 Å². The van der Waals surface area contributed by atoms with Crippen LogP contribution in [0, 0.1) is 36.5 Å². The highest BCUT2D eigenvalue weighted by molar-refractivity contribution is 7.98. The molecule has 7 nitrogen and oxygen atoms in total. The summed E-state index contributed by atoms with van der Waals surface area (Å²) in [5.41, 5.74) is 10.3. The predicted molar refractivity (Wildman–Crippen MR) is 110 cm³/mol. The molecule has 0 aromatic carbocycles. The van der Waals surface area contributed by atoms with Crippen molar-refractivity contribution >= 4 is 23.1 Å². The van der Waals surface area contributed by atoms with Crippen LogP contribution in [0.2, 0.25) is 0 Å². The number of nitrogens with one attached hydrogen (secondary N) is 1. The van der Waals surface area contributed by atoms with Gasteiger partial charge in [0.15, 0.2) is 0 Å². The SMILES string of the molecule is Cc1cc(C)c(C#N)c(SCc2[nH]nc3c2[C@@H](c2cccs2)C(C#N)=C(N)O3)n1. The maximum Gasteiger partial charge on any atom is 0.244 e. The molecule has 1 atom stereocenters. The third-order valence-electron chi connectivity index (χ3n) is 4.62. The molecule has 3 aromatic rings. The number of pyridine rings is 1. The van der Waals surface area contributed by atoms with Crippen LogP contribution < -0.4 is 10.5 Å². The second-order valence-electron chi connectivity index (χ2n) is 6.52. The van der Waals surface area contributed by atoms with Crippen molar-refractivity contribution < 1.29 is 4.74 Å². The van der Waals surface area contributed by atoms with E-state index in [4.69, 9.17) is 10.5 Å². The summed E-state index contributed by atoms with van der Waals surface area (Å²) in [7, 11) is 0. The van der Waals surface area contributed by atoms with Crippen molar-refractivity contribution in [2.24, 2.45) is 5.73 Å². The maximum absolute atomic E-state index is 9.68. The van der Waals surface area contributed by atoms with Gasteiger partial charge in [0.2, 0.25) is 11.8 Å². The minimum absolute atomic E-state index is 0.0758. The molecule has 0 bridgehead atoms. The van der Waals surface area contributed by atoms with Gasteiger partial charge in [-0.05, 0) is 36.9 Å². The highest BCUT2D eigenvalue weighted by atomic mass is 32.2. The standard InChI is InChI=1S/C20H16N6OS2/c1-10-6-11(2)24-20(12(10)7-21)29-9-14-17-16(15-4-3-5-28-15)13(8-22)18(23)27-19(17)26-25-14/h3-6,16H,9,23H2,1-2H3,(H,25,26)/t16-/m1/s1. The Morgan fingerprint density at radius 3 is 2.86 bits per heavy atom. The average Bonchev–Trinajstić information content (AvgIpc) is 3.35. The summed E-state index contributed by atoms with van der Waals surface area (Å²) in [6, 6.07) is 10.2. The molecule has 0 unspecified atom stereocenters. The smallest absolute Gasteiger partial charge is 0.244 e. The second-order valence-corrected chi connectivity index (χ2v) is 8.47. The molecule has 0 radical (unpaired) electrons. The van der Waals surface area contributed by atoms with Crippen LogP contribution in [0.25, 0.3) is 0 Å². The van der Waals surface area contributed by atoms with Crippen molar-refractivity contribution in [3.8, 4) is 18.0 Å². The van der Waals surface area contributed by atoms with Gasteiger partial charge in [-0.2, -0.15) is 10.5 Å². The lowest BCUT2D eigenvalue weighted by atomic mass is 9.89. The van der Waals surface area contributed by atoms with Gasteiger partial charge in [-0.3, -0.25) is 5.10 Å². The summed E-state index contributed by atoms with van der Waals surface area (Å²) in [5, 5.41) is 29.1. The molecule has 0 fully saturated rings. The molecule has 1 aliphatic rings. The molecule has 0 saturated heterocycles. The number of ether oxygens (including phenoxy) is 1. The Bertz CT molecular complexity index is 1200. The first-order valence-corrected chi connectivity index (χ1v) is 10.6. The third-order valence-corrected chi connectivity index (χ3v) is 6.56. The monoisotopic (exact) mass is 420 g/mol. The number of nitrogens with zero attached hydrogens (tertiary/aromatic N) is 4. The number of H-pyrrole nitrogens is 1. The number of nitrogens with two attached hydrogens (primary N) is 1. The van der Waals surface area contributed by atoms with Crippen LogP contribution in [0.3, 0.4) is 0 Å². The highest BCUT2D eigenvalue weighted by Gasteiger charge is 2.35. The summed E-state index contributed by atoms with van der Waals surface area (Å²) in [6.45, 7) is 3.81. The average molecular weight is 421 g/mol. The van der Waals surface area contributed by atoms with Crippen LogP contribution in [0.15, 0.2) is 40.1 Å². The molecule has 0 amide bonds. The summed E-state index contributed by atoms with van der Waals surface area (Å²) < 4.78 is 5.60. The summed E-state index contributed by atoms with van der Waals surface area (Å²) in [5.74, 6) is 0.619. The first-order chi connectivity index (χ1) is 14.0. The van der Waals surface area contributed by atoms with E-state index < -0.39 is 0 Å². The molecule has 0 saturated carbocycles. The van der Waals surface area contributed by atoms with Crippen LogP contribution in [0.4, 0.5) is 0 Å². The van der Waals surface area contributed by atoms with E-state index in [0.717, 1.165) is 27.4 Å². The van der Waals surface area contributed by atoms with E-state index in [1.807, 2.05) is 37.4 Å². The Hall–Kier alpha value is -3.27. The number of hydrogen-bond acceptors (Lipinski definition) is 8. The van der Waals surface area contributed by atoms with Crippen molar-refractivity contribution in [3.05, 3.63) is 68.0 Å². The normalized spacial score (nSPS) is 15.4. The molecule has 9 heteroatoms.